The number of carboxylic acid groups (broad SMARTS) is 1. The molecule has 0 aliphatic rings. The van der Waals surface area contributed by atoms with Crippen molar-refractivity contribution in [1.29, 1.82) is 0 Å². The Kier molecular flexibility index (Phi) is 5.79. The van der Waals surface area contributed by atoms with Gasteiger partial charge in [0.15, 0.2) is 5.78 Å². The number of hydrogen-bond acceptors (Lipinski definition) is 3. The summed E-state index contributed by atoms with van der Waals surface area (Å²) in [6.07, 6.45) is 2.25. The number of carbonyl (C=O) groups is 2. The third-order valence-electron chi connectivity index (χ3n) is 1.65. The largest absolute Gasteiger partial charge is 0.481 e. The maximum Gasteiger partial charge on any atom is 0.310 e. The molecule has 1 N–H and O–H groups in total. The Bertz CT molecular complexity index is 189. The first-order valence-corrected chi connectivity index (χ1v) is 5.53. The van der Waals surface area contributed by atoms with Crippen LogP contribution in [0.4, 0.5) is 0 Å². The van der Waals surface area contributed by atoms with Crippen molar-refractivity contribution >= 4 is 23.5 Å². The number of aliphatic carboxylic acids is 1. The first-order chi connectivity index (χ1) is 5.97. The molecule has 0 saturated heterocycles. The monoisotopic (exact) mass is 204 g/mol. The number of carboxylic acids is 1. The first-order valence-electron chi connectivity index (χ1n) is 4.24. The molecule has 0 saturated carbocycles. The number of Topliss-reactive ketones (excluding diaryl/α,β-unsaturated/α-hetero) is 1. The summed E-state index contributed by atoms with van der Waals surface area (Å²) in [6.45, 7) is 4.05. The average molecular weight is 204 g/mol. The normalized spacial score (nSPS) is 12.9. The summed E-state index contributed by atoms with van der Waals surface area (Å²) in [4.78, 5) is 21.6. The van der Waals surface area contributed by atoms with E-state index in [4.69, 9.17) is 5.11 Å². The van der Waals surface area contributed by atoms with Crippen LogP contribution in [0.1, 0.15) is 26.7 Å². The van der Waals surface area contributed by atoms with E-state index in [0.717, 1.165) is 6.42 Å². The van der Waals surface area contributed by atoms with Crippen LogP contribution in [0.2, 0.25) is 0 Å². The molecule has 76 valence electrons. The molecular weight excluding hydrogens is 188 g/mol. The molecule has 0 aromatic rings. The zero-order valence-corrected chi connectivity index (χ0v) is 9.06. The van der Waals surface area contributed by atoms with E-state index >= 15 is 0 Å². The van der Waals surface area contributed by atoms with E-state index in [1.807, 2.05) is 20.1 Å². The van der Waals surface area contributed by atoms with Crippen LogP contribution in [-0.2, 0) is 9.59 Å². The van der Waals surface area contributed by atoms with Crippen molar-refractivity contribution in [1.82, 2.24) is 0 Å². The maximum atomic E-state index is 11.3. The minimum Gasteiger partial charge on any atom is -0.481 e. The van der Waals surface area contributed by atoms with Crippen molar-refractivity contribution in [2.75, 3.05) is 6.26 Å². The molecule has 1 atom stereocenters. The molecule has 0 rings (SSSR count). The lowest BCUT2D eigenvalue weighted by Gasteiger charge is -2.13. The summed E-state index contributed by atoms with van der Waals surface area (Å²) < 4.78 is 0. The van der Waals surface area contributed by atoms with Crippen molar-refractivity contribution < 1.29 is 14.7 Å². The number of rotatable bonds is 6. The fourth-order valence-electron chi connectivity index (χ4n) is 1.05. The highest BCUT2D eigenvalue weighted by Crippen LogP contribution is 2.18. The highest BCUT2D eigenvalue weighted by molar-refractivity contribution is 7.99. The van der Waals surface area contributed by atoms with Gasteiger partial charge in [0, 0.05) is 0 Å². The van der Waals surface area contributed by atoms with Gasteiger partial charge in [0.2, 0.25) is 0 Å². The molecule has 13 heavy (non-hydrogen) atoms. The predicted octanol–water partition coefficient (Wildman–Crippen LogP) is 1.81. The quantitative estimate of drug-likeness (QED) is 0.670. The van der Waals surface area contributed by atoms with Crippen molar-refractivity contribution in [2.24, 2.45) is 5.92 Å². The highest BCUT2D eigenvalue weighted by atomic mass is 32.2. The molecule has 0 heterocycles. The molecule has 3 nitrogen and oxygen atoms in total. The predicted molar refractivity (Wildman–Crippen MR) is 54.0 cm³/mol. The fourth-order valence-corrected chi connectivity index (χ4v) is 1.97. The van der Waals surface area contributed by atoms with E-state index in [9.17, 15) is 9.59 Å². The third-order valence-corrected chi connectivity index (χ3v) is 2.68. The Hall–Kier alpha value is -0.510. The topological polar surface area (TPSA) is 54.4 Å². The Morgan fingerprint density at radius 2 is 1.92 bits per heavy atom. The second kappa shape index (κ2) is 6.02. The van der Waals surface area contributed by atoms with Gasteiger partial charge in [-0.2, -0.15) is 11.8 Å². The van der Waals surface area contributed by atoms with Crippen molar-refractivity contribution in [2.45, 2.75) is 31.9 Å². The Morgan fingerprint density at radius 1 is 1.38 bits per heavy atom. The van der Waals surface area contributed by atoms with E-state index in [-0.39, 0.29) is 17.5 Å². The van der Waals surface area contributed by atoms with E-state index in [1.54, 1.807) is 0 Å². The summed E-state index contributed by atoms with van der Waals surface area (Å²) in [7, 11) is 0. The van der Waals surface area contributed by atoms with Crippen LogP contribution < -0.4 is 0 Å². The minimum atomic E-state index is -1.03. The summed E-state index contributed by atoms with van der Waals surface area (Å²) in [6, 6.07) is 0. The Morgan fingerprint density at radius 3 is 2.23 bits per heavy atom. The number of ketones is 1. The Balaban J connectivity index is 4.07. The van der Waals surface area contributed by atoms with Gasteiger partial charge in [0.05, 0.1) is 5.25 Å². The number of carbonyl (C=O) groups excluding carboxylic acids is 1. The van der Waals surface area contributed by atoms with E-state index in [0.29, 0.717) is 5.92 Å². The molecule has 1 unspecified atom stereocenters. The molecule has 0 aromatic heterocycles. The lowest BCUT2D eigenvalue weighted by atomic mass is 10.0. The molecular formula is C9H16O3S. The molecule has 0 aliphatic carbocycles. The molecule has 0 fully saturated rings. The SMILES string of the molecule is CSC(CC(C)C)C(=O)CC(=O)O. The fraction of sp³-hybridized carbons (Fsp3) is 0.778. The van der Waals surface area contributed by atoms with Gasteiger partial charge in [-0.1, -0.05) is 13.8 Å². The van der Waals surface area contributed by atoms with Gasteiger partial charge >= 0.3 is 5.97 Å². The van der Waals surface area contributed by atoms with Crippen LogP contribution in [0, 0.1) is 5.92 Å². The lowest BCUT2D eigenvalue weighted by molar-refractivity contribution is -0.140. The van der Waals surface area contributed by atoms with Crippen LogP contribution in [0.15, 0.2) is 0 Å². The molecule has 0 bridgehead atoms. The second-order valence-corrected chi connectivity index (χ2v) is 4.43. The van der Waals surface area contributed by atoms with E-state index in [2.05, 4.69) is 0 Å². The van der Waals surface area contributed by atoms with Gasteiger partial charge < -0.3 is 5.11 Å². The van der Waals surface area contributed by atoms with Gasteiger partial charge in [-0.15, -0.1) is 0 Å². The van der Waals surface area contributed by atoms with Crippen LogP contribution in [0.3, 0.4) is 0 Å². The third kappa shape index (κ3) is 5.69. The van der Waals surface area contributed by atoms with Gasteiger partial charge in [-0.25, -0.2) is 0 Å². The van der Waals surface area contributed by atoms with Crippen LogP contribution in [0.5, 0.6) is 0 Å². The van der Waals surface area contributed by atoms with Crippen LogP contribution in [-0.4, -0.2) is 28.4 Å². The van der Waals surface area contributed by atoms with E-state index < -0.39 is 5.97 Å². The summed E-state index contributed by atoms with van der Waals surface area (Å²) in [5.74, 6) is -0.781. The van der Waals surface area contributed by atoms with E-state index in [1.165, 1.54) is 11.8 Å². The first kappa shape index (κ1) is 12.5. The van der Waals surface area contributed by atoms with Gasteiger partial charge in [0.25, 0.3) is 0 Å². The minimum absolute atomic E-state index is 0.156. The molecule has 0 amide bonds. The Labute approximate surface area is 82.9 Å². The number of thioether (sulfide) groups is 1. The van der Waals surface area contributed by atoms with Crippen molar-refractivity contribution in [3.05, 3.63) is 0 Å². The summed E-state index contributed by atoms with van der Waals surface area (Å²) >= 11 is 1.44. The number of hydrogen-bond donors (Lipinski definition) is 1. The molecule has 0 spiro atoms. The van der Waals surface area contributed by atoms with Crippen LogP contribution >= 0.6 is 11.8 Å². The lowest BCUT2D eigenvalue weighted by Crippen LogP contribution is -2.21. The van der Waals surface area contributed by atoms with Crippen LogP contribution in [0.25, 0.3) is 0 Å². The highest BCUT2D eigenvalue weighted by Gasteiger charge is 2.20. The van der Waals surface area contributed by atoms with Gasteiger partial charge in [0.1, 0.15) is 6.42 Å². The standard InChI is InChI=1S/C9H16O3S/c1-6(2)4-8(13-3)7(10)5-9(11)12/h6,8H,4-5H2,1-3H3,(H,11,12). The molecule has 0 aliphatic heterocycles. The zero-order valence-electron chi connectivity index (χ0n) is 8.24. The van der Waals surface area contributed by atoms with Crippen molar-refractivity contribution in [3.8, 4) is 0 Å². The zero-order chi connectivity index (χ0) is 10.4. The molecule has 4 heteroatoms. The van der Waals surface area contributed by atoms with Gasteiger partial charge in [-0.3, -0.25) is 9.59 Å². The smallest absolute Gasteiger partial charge is 0.310 e. The molecule has 0 aromatic carbocycles. The molecule has 0 radical (unpaired) electrons. The second-order valence-electron chi connectivity index (χ2n) is 3.39. The van der Waals surface area contributed by atoms with Crippen molar-refractivity contribution in [3.63, 3.8) is 0 Å². The maximum absolute atomic E-state index is 11.3. The van der Waals surface area contributed by atoms with Gasteiger partial charge in [-0.05, 0) is 18.6 Å². The summed E-state index contributed by atoms with van der Waals surface area (Å²) in [5, 5.41) is 8.28. The average Bonchev–Trinajstić information content (AvgIpc) is 1.98. The summed E-state index contributed by atoms with van der Waals surface area (Å²) in [5.41, 5.74) is 0.